The number of carbonyl (C=O) groups is 2. The Morgan fingerprint density at radius 1 is 1.27 bits per heavy atom. The van der Waals surface area contributed by atoms with E-state index in [2.05, 4.69) is 20.4 Å². The predicted molar refractivity (Wildman–Crippen MR) is 114 cm³/mol. The number of fused-ring (bicyclic) bond motifs is 1. The molecule has 0 fully saturated rings. The molecule has 30 heavy (non-hydrogen) atoms. The van der Waals surface area contributed by atoms with Crippen molar-refractivity contribution in [2.24, 2.45) is 0 Å². The molecule has 1 amide bonds. The Balaban J connectivity index is 1.60. The number of carbonyl (C=O) groups excluding carboxylic acids is 2. The molecular formula is C19H20Cl2N6O3. The first-order chi connectivity index (χ1) is 14.2. The highest BCUT2D eigenvalue weighted by atomic mass is 35.5. The Hall–Kier alpha value is -2.91. The molecule has 0 saturated carbocycles. The zero-order valence-corrected chi connectivity index (χ0v) is 18.1. The van der Waals surface area contributed by atoms with Gasteiger partial charge in [-0.05, 0) is 51.0 Å². The van der Waals surface area contributed by atoms with Crippen LogP contribution in [0.5, 0.6) is 0 Å². The van der Waals surface area contributed by atoms with Gasteiger partial charge in [0.15, 0.2) is 6.10 Å². The largest absolute Gasteiger partial charge is 0.453 e. The lowest BCUT2D eigenvalue weighted by molar-refractivity contribution is -0.153. The second-order valence-electron chi connectivity index (χ2n) is 6.69. The maximum atomic E-state index is 12.3. The molecule has 0 aliphatic carbocycles. The topological polar surface area (TPSA) is 124 Å². The summed E-state index contributed by atoms with van der Waals surface area (Å²) >= 11 is 11.9. The number of anilines is 2. The van der Waals surface area contributed by atoms with E-state index in [-0.39, 0.29) is 17.4 Å². The van der Waals surface area contributed by atoms with Crippen molar-refractivity contribution >= 4 is 52.5 Å². The minimum absolute atomic E-state index is 0.0678. The molecular weight excluding hydrogens is 431 g/mol. The van der Waals surface area contributed by atoms with Gasteiger partial charge < -0.3 is 15.8 Å². The number of halogens is 2. The molecule has 3 rings (SSSR count). The number of ether oxygens (including phenoxy) is 1. The van der Waals surface area contributed by atoms with Gasteiger partial charge in [-0.1, -0.05) is 23.2 Å². The zero-order chi connectivity index (χ0) is 22.0. The standard InChI is InChI=1S/C19H20Cl2N6O3/c1-9-13(10(2)27-19(23-9)25-18(22)26-27)5-7-16(28)30-11(3)17(29)24-15-6-4-12(20)8-14(15)21/h4,6,8,11H,5,7H2,1-3H3,(H2,22,26)(H,24,29)/t11-/m0/s1. The fraction of sp³-hybridized carbons (Fsp3) is 0.316. The number of rotatable bonds is 6. The lowest BCUT2D eigenvalue weighted by atomic mass is 10.1. The van der Waals surface area contributed by atoms with Crippen LogP contribution in [0.25, 0.3) is 5.78 Å². The Kier molecular flexibility index (Phi) is 6.42. The fourth-order valence-electron chi connectivity index (χ4n) is 2.95. The van der Waals surface area contributed by atoms with Crippen molar-refractivity contribution in [1.82, 2.24) is 19.6 Å². The second-order valence-corrected chi connectivity index (χ2v) is 7.53. The summed E-state index contributed by atoms with van der Waals surface area (Å²) < 4.78 is 6.78. The molecule has 2 aromatic heterocycles. The first kappa shape index (κ1) is 21.8. The Bertz CT molecular complexity index is 1130. The van der Waals surface area contributed by atoms with Gasteiger partial charge in [-0.15, -0.1) is 5.10 Å². The highest BCUT2D eigenvalue weighted by Gasteiger charge is 2.20. The highest BCUT2D eigenvalue weighted by molar-refractivity contribution is 6.36. The Morgan fingerprint density at radius 3 is 2.70 bits per heavy atom. The minimum Gasteiger partial charge on any atom is -0.453 e. The molecule has 11 heteroatoms. The molecule has 0 aliphatic rings. The average Bonchev–Trinajstić information content (AvgIpc) is 3.04. The lowest BCUT2D eigenvalue weighted by Crippen LogP contribution is -2.30. The van der Waals surface area contributed by atoms with Crippen molar-refractivity contribution in [3.8, 4) is 0 Å². The van der Waals surface area contributed by atoms with Crippen molar-refractivity contribution in [3.05, 3.63) is 45.2 Å². The summed E-state index contributed by atoms with van der Waals surface area (Å²) in [5.74, 6) is -0.486. The number of esters is 1. The number of nitrogen functional groups attached to an aromatic ring is 1. The van der Waals surface area contributed by atoms with Gasteiger partial charge in [-0.3, -0.25) is 9.59 Å². The summed E-state index contributed by atoms with van der Waals surface area (Å²) in [6.07, 6.45) is -0.559. The number of benzene rings is 1. The van der Waals surface area contributed by atoms with Crippen LogP contribution in [0.1, 0.15) is 30.3 Å². The van der Waals surface area contributed by atoms with E-state index in [0.29, 0.717) is 22.9 Å². The van der Waals surface area contributed by atoms with Crippen LogP contribution in [0.3, 0.4) is 0 Å². The Morgan fingerprint density at radius 2 is 2.00 bits per heavy atom. The molecule has 3 N–H and O–H groups in total. The van der Waals surface area contributed by atoms with Gasteiger partial charge in [0.2, 0.25) is 5.95 Å². The van der Waals surface area contributed by atoms with Gasteiger partial charge in [-0.2, -0.15) is 9.50 Å². The number of hydrogen-bond donors (Lipinski definition) is 2. The van der Waals surface area contributed by atoms with Crippen LogP contribution < -0.4 is 11.1 Å². The number of aryl methyl sites for hydroxylation is 2. The number of hydrogen-bond acceptors (Lipinski definition) is 7. The number of aromatic nitrogens is 4. The van der Waals surface area contributed by atoms with Gasteiger partial charge in [0.1, 0.15) is 0 Å². The van der Waals surface area contributed by atoms with Gasteiger partial charge in [-0.25, -0.2) is 4.98 Å². The molecule has 0 aliphatic heterocycles. The van der Waals surface area contributed by atoms with Crippen LogP contribution in [0.4, 0.5) is 11.6 Å². The quantitative estimate of drug-likeness (QED) is 0.552. The SMILES string of the molecule is Cc1nc2nc(N)nn2c(C)c1CCC(=O)O[C@@H](C)C(=O)Nc1ccc(Cl)cc1Cl. The molecule has 3 aromatic rings. The summed E-state index contributed by atoms with van der Waals surface area (Å²) in [4.78, 5) is 33.0. The van der Waals surface area contributed by atoms with E-state index in [1.54, 1.807) is 12.1 Å². The fourth-order valence-corrected chi connectivity index (χ4v) is 3.40. The summed E-state index contributed by atoms with van der Waals surface area (Å²) in [5.41, 5.74) is 8.37. The summed E-state index contributed by atoms with van der Waals surface area (Å²) in [6.45, 7) is 5.16. The molecule has 9 nitrogen and oxygen atoms in total. The van der Waals surface area contributed by atoms with Crippen LogP contribution in [0, 0.1) is 13.8 Å². The first-order valence-corrected chi connectivity index (χ1v) is 9.85. The van der Waals surface area contributed by atoms with Gasteiger partial charge >= 0.3 is 5.97 Å². The van der Waals surface area contributed by atoms with Crippen LogP contribution in [0.2, 0.25) is 10.0 Å². The number of nitrogens with two attached hydrogens (primary N) is 1. The van der Waals surface area contributed by atoms with Gasteiger partial charge in [0.05, 0.1) is 10.7 Å². The molecule has 0 saturated heterocycles. The molecule has 0 radical (unpaired) electrons. The normalized spacial score (nSPS) is 12.0. The van der Waals surface area contributed by atoms with Crippen molar-refractivity contribution in [1.29, 1.82) is 0 Å². The third kappa shape index (κ3) is 4.80. The summed E-state index contributed by atoms with van der Waals surface area (Å²) in [5, 5.41) is 7.45. The third-order valence-corrected chi connectivity index (χ3v) is 5.06. The van der Waals surface area contributed by atoms with Crippen LogP contribution in [-0.2, 0) is 20.7 Å². The molecule has 0 bridgehead atoms. The second kappa shape index (κ2) is 8.85. The molecule has 0 unspecified atom stereocenters. The zero-order valence-electron chi connectivity index (χ0n) is 16.6. The van der Waals surface area contributed by atoms with Crippen molar-refractivity contribution < 1.29 is 14.3 Å². The number of nitrogens with one attached hydrogen (secondary N) is 1. The van der Waals surface area contributed by atoms with E-state index < -0.39 is 18.0 Å². The van der Waals surface area contributed by atoms with Crippen LogP contribution in [0.15, 0.2) is 18.2 Å². The van der Waals surface area contributed by atoms with E-state index in [1.165, 1.54) is 17.5 Å². The van der Waals surface area contributed by atoms with E-state index >= 15 is 0 Å². The molecule has 1 atom stereocenters. The van der Waals surface area contributed by atoms with E-state index in [0.717, 1.165) is 17.0 Å². The maximum absolute atomic E-state index is 12.3. The number of nitrogens with zero attached hydrogens (tertiary/aromatic N) is 4. The lowest BCUT2D eigenvalue weighted by Gasteiger charge is -2.15. The summed E-state index contributed by atoms with van der Waals surface area (Å²) in [6, 6.07) is 4.67. The number of amides is 1. The van der Waals surface area contributed by atoms with E-state index in [9.17, 15) is 9.59 Å². The third-order valence-electron chi connectivity index (χ3n) is 4.51. The van der Waals surface area contributed by atoms with Gasteiger partial charge in [0, 0.05) is 22.8 Å². The van der Waals surface area contributed by atoms with Crippen molar-refractivity contribution in [2.75, 3.05) is 11.1 Å². The minimum atomic E-state index is -0.998. The molecule has 0 spiro atoms. The highest BCUT2D eigenvalue weighted by Crippen LogP contribution is 2.25. The maximum Gasteiger partial charge on any atom is 0.306 e. The molecule has 158 valence electrons. The predicted octanol–water partition coefficient (Wildman–Crippen LogP) is 3.13. The molecule has 2 heterocycles. The Labute approximate surface area is 182 Å². The monoisotopic (exact) mass is 450 g/mol. The average molecular weight is 451 g/mol. The van der Waals surface area contributed by atoms with Crippen LogP contribution in [-0.4, -0.2) is 37.6 Å². The van der Waals surface area contributed by atoms with E-state index in [4.69, 9.17) is 33.7 Å². The molecule has 1 aromatic carbocycles. The summed E-state index contributed by atoms with van der Waals surface area (Å²) in [7, 11) is 0. The van der Waals surface area contributed by atoms with Crippen LogP contribution >= 0.6 is 23.2 Å². The first-order valence-electron chi connectivity index (χ1n) is 9.09. The van der Waals surface area contributed by atoms with Gasteiger partial charge in [0.25, 0.3) is 11.7 Å². The van der Waals surface area contributed by atoms with Crippen molar-refractivity contribution in [3.63, 3.8) is 0 Å². The smallest absolute Gasteiger partial charge is 0.306 e. The van der Waals surface area contributed by atoms with E-state index in [1.807, 2.05) is 13.8 Å². The van der Waals surface area contributed by atoms with Crippen molar-refractivity contribution in [2.45, 2.75) is 39.7 Å².